The fourth-order valence-corrected chi connectivity index (χ4v) is 5.05. The summed E-state index contributed by atoms with van der Waals surface area (Å²) in [6, 6.07) is 16.8. The number of nitrogens with zero attached hydrogens (tertiary/aromatic N) is 6. The lowest BCUT2D eigenvalue weighted by Gasteiger charge is -2.40. The lowest BCUT2D eigenvalue weighted by molar-refractivity contribution is -0.137. The third-order valence-corrected chi connectivity index (χ3v) is 6.99. The number of hydrogen-bond acceptors (Lipinski definition) is 7. The molecule has 1 aromatic heterocycles. The first-order chi connectivity index (χ1) is 18.9. The second-order valence-electron chi connectivity index (χ2n) is 9.38. The van der Waals surface area contributed by atoms with Gasteiger partial charge in [0.1, 0.15) is 11.9 Å². The highest BCUT2D eigenvalue weighted by molar-refractivity contribution is 5.50. The molecule has 2 aliphatic rings. The number of benzene rings is 3. The summed E-state index contributed by atoms with van der Waals surface area (Å²) >= 11 is 0. The maximum Gasteiger partial charge on any atom is 0.416 e. The van der Waals surface area contributed by atoms with Crippen LogP contribution in [-0.4, -0.2) is 58.1 Å². The van der Waals surface area contributed by atoms with Crippen molar-refractivity contribution in [3.63, 3.8) is 0 Å². The number of anilines is 1. The number of aromatic nitrogens is 4. The van der Waals surface area contributed by atoms with Crippen LogP contribution in [-0.2, 0) is 12.7 Å². The molecular weight excluding hydrogens is 516 g/mol. The Kier molecular flexibility index (Phi) is 6.55. The molecule has 6 rings (SSSR count). The molecule has 8 nitrogen and oxygen atoms in total. The van der Waals surface area contributed by atoms with Gasteiger partial charge < -0.3 is 14.4 Å². The molecule has 1 saturated heterocycles. The zero-order chi connectivity index (χ0) is 27.0. The average molecular weight is 541 g/mol. The van der Waals surface area contributed by atoms with E-state index in [1.165, 1.54) is 12.1 Å². The number of alkyl halides is 3. The van der Waals surface area contributed by atoms with Gasteiger partial charge in [-0.2, -0.15) is 13.2 Å². The third-order valence-electron chi connectivity index (χ3n) is 6.99. The SMILES string of the molecule is Fc1ccccc1C(c1nnnn1Cc1ccc2c(c1)OCO2)N1CCN(c2cccc(C(F)(F)F)c2)CC1. The van der Waals surface area contributed by atoms with Crippen LogP contribution in [0.5, 0.6) is 11.5 Å². The van der Waals surface area contributed by atoms with E-state index in [1.54, 1.807) is 28.9 Å². The number of tetrazole rings is 1. The maximum atomic E-state index is 15.1. The maximum absolute atomic E-state index is 15.1. The monoisotopic (exact) mass is 540 g/mol. The van der Waals surface area contributed by atoms with Gasteiger partial charge in [-0.3, -0.25) is 4.90 Å². The van der Waals surface area contributed by atoms with E-state index < -0.39 is 17.8 Å². The van der Waals surface area contributed by atoms with Crippen LogP contribution in [0.2, 0.25) is 0 Å². The van der Waals surface area contributed by atoms with E-state index in [2.05, 4.69) is 20.4 Å². The van der Waals surface area contributed by atoms with Crippen molar-refractivity contribution >= 4 is 5.69 Å². The minimum atomic E-state index is -4.41. The first-order valence-electron chi connectivity index (χ1n) is 12.4. The number of fused-ring (bicyclic) bond motifs is 1. The van der Waals surface area contributed by atoms with E-state index in [1.807, 2.05) is 23.1 Å². The number of ether oxygens (including phenoxy) is 2. The zero-order valence-electron chi connectivity index (χ0n) is 20.7. The number of rotatable bonds is 6. The largest absolute Gasteiger partial charge is 0.454 e. The van der Waals surface area contributed by atoms with Gasteiger partial charge in [-0.05, 0) is 52.4 Å². The van der Waals surface area contributed by atoms with E-state index in [0.717, 1.165) is 17.7 Å². The molecule has 39 heavy (non-hydrogen) atoms. The summed E-state index contributed by atoms with van der Waals surface area (Å²) in [7, 11) is 0. The summed E-state index contributed by atoms with van der Waals surface area (Å²) in [5.74, 6) is 1.38. The van der Waals surface area contributed by atoms with E-state index in [4.69, 9.17) is 9.47 Å². The summed E-state index contributed by atoms with van der Waals surface area (Å²) in [5.41, 5.74) is 1.12. The molecule has 3 aromatic carbocycles. The Morgan fingerprint density at radius 2 is 1.67 bits per heavy atom. The van der Waals surface area contributed by atoms with Gasteiger partial charge in [0.15, 0.2) is 17.3 Å². The topological polar surface area (TPSA) is 68.5 Å². The highest BCUT2D eigenvalue weighted by Gasteiger charge is 2.34. The van der Waals surface area contributed by atoms with Gasteiger partial charge in [-0.1, -0.05) is 30.3 Å². The van der Waals surface area contributed by atoms with E-state index >= 15 is 4.39 Å². The number of piperazine rings is 1. The van der Waals surface area contributed by atoms with Crippen molar-refractivity contribution in [2.45, 2.75) is 18.8 Å². The Labute approximate surface area is 221 Å². The smallest absolute Gasteiger partial charge is 0.416 e. The van der Waals surface area contributed by atoms with Crippen molar-refractivity contribution in [1.82, 2.24) is 25.1 Å². The van der Waals surface area contributed by atoms with E-state index in [0.29, 0.717) is 61.3 Å². The molecule has 1 fully saturated rings. The second kappa shape index (κ2) is 10.2. The van der Waals surface area contributed by atoms with Gasteiger partial charge in [0.2, 0.25) is 6.79 Å². The Morgan fingerprint density at radius 1 is 0.872 bits per heavy atom. The summed E-state index contributed by atoms with van der Waals surface area (Å²) in [4.78, 5) is 3.96. The van der Waals surface area contributed by atoms with Crippen LogP contribution in [0, 0.1) is 5.82 Å². The van der Waals surface area contributed by atoms with Gasteiger partial charge in [0, 0.05) is 37.4 Å². The first kappa shape index (κ1) is 25.1. The lowest BCUT2D eigenvalue weighted by atomic mass is 10.0. The lowest BCUT2D eigenvalue weighted by Crippen LogP contribution is -2.48. The molecule has 4 aromatic rings. The molecule has 1 atom stereocenters. The minimum absolute atomic E-state index is 0.163. The number of halogens is 4. The molecule has 202 valence electrons. The molecule has 0 saturated carbocycles. The number of hydrogen-bond donors (Lipinski definition) is 0. The van der Waals surface area contributed by atoms with Crippen molar-refractivity contribution in [2.75, 3.05) is 37.9 Å². The normalized spacial score (nSPS) is 16.5. The average Bonchev–Trinajstić information content (AvgIpc) is 3.59. The molecule has 0 N–H and O–H groups in total. The van der Waals surface area contributed by atoms with Crippen LogP contribution < -0.4 is 14.4 Å². The van der Waals surface area contributed by atoms with Crippen molar-refractivity contribution < 1.29 is 27.0 Å². The quantitative estimate of drug-likeness (QED) is 0.333. The molecule has 12 heteroatoms. The molecule has 2 aliphatic heterocycles. The van der Waals surface area contributed by atoms with Gasteiger partial charge in [0.05, 0.1) is 12.1 Å². The predicted octanol–water partition coefficient (Wildman–Crippen LogP) is 4.52. The molecule has 0 spiro atoms. The second-order valence-corrected chi connectivity index (χ2v) is 9.38. The zero-order valence-corrected chi connectivity index (χ0v) is 20.7. The van der Waals surface area contributed by atoms with Crippen molar-refractivity contribution in [1.29, 1.82) is 0 Å². The van der Waals surface area contributed by atoms with Crippen molar-refractivity contribution in [3.05, 3.63) is 95.1 Å². The summed E-state index contributed by atoms with van der Waals surface area (Å²) in [6.45, 7) is 2.33. The Hall–Kier alpha value is -4.19. The van der Waals surface area contributed by atoms with Gasteiger partial charge >= 0.3 is 6.18 Å². The van der Waals surface area contributed by atoms with Crippen molar-refractivity contribution in [3.8, 4) is 11.5 Å². The molecule has 0 amide bonds. The third kappa shape index (κ3) is 5.11. The fraction of sp³-hybridized carbons (Fsp3) is 0.296. The van der Waals surface area contributed by atoms with Gasteiger partial charge in [-0.15, -0.1) is 5.10 Å². The molecule has 3 heterocycles. The van der Waals surface area contributed by atoms with Crippen LogP contribution in [0.15, 0.2) is 66.7 Å². The van der Waals surface area contributed by atoms with Gasteiger partial charge in [-0.25, -0.2) is 9.07 Å². The van der Waals surface area contributed by atoms with Crippen LogP contribution in [0.3, 0.4) is 0 Å². The predicted molar refractivity (Wildman–Crippen MR) is 133 cm³/mol. The first-order valence-corrected chi connectivity index (χ1v) is 12.4. The minimum Gasteiger partial charge on any atom is -0.454 e. The van der Waals surface area contributed by atoms with Crippen LogP contribution in [0.4, 0.5) is 23.2 Å². The van der Waals surface area contributed by atoms with E-state index in [-0.39, 0.29) is 12.6 Å². The molecule has 0 aliphatic carbocycles. The Bertz CT molecular complexity index is 1470. The van der Waals surface area contributed by atoms with Crippen LogP contribution in [0.1, 0.15) is 28.6 Å². The Morgan fingerprint density at radius 3 is 2.46 bits per heavy atom. The summed E-state index contributed by atoms with van der Waals surface area (Å²) in [5, 5.41) is 12.4. The van der Waals surface area contributed by atoms with Crippen LogP contribution >= 0.6 is 0 Å². The highest BCUT2D eigenvalue weighted by Crippen LogP contribution is 2.35. The van der Waals surface area contributed by atoms with Crippen LogP contribution in [0.25, 0.3) is 0 Å². The Balaban J connectivity index is 1.27. The fourth-order valence-electron chi connectivity index (χ4n) is 5.05. The highest BCUT2D eigenvalue weighted by atomic mass is 19.4. The van der Waals surface area contributed by atoms with E-state index in [9.17, 15) is 13.2 Å². The standard InChI is InChI=1S/C27H24F4N6O2/c28-22-7-2-1-6-21(22)25(26-32-33-34-37(26)16-18-8-9-23-24(14-18)39-17-38-23)36-12-10-35(11-13-36)20-5-3-4-19(15-20)27(29,30)31/h1-9,14-15,25H,10-13,16-17H2. The molecular formula is C27H24F4N6O2. The molecule has 1 unspecified atom stereocenters. The molecule has 0 radical (unpaired) electrons. The van der Waals surface area contributed by atoms with Gasteiger partial charge in [0.25, 0.3) is 0 Å². The molecule has 0 bridgehead atoms. The summed E-state index contributed by atoms with van der Waals surface area (Å²) in [6.07, 6.45) is -4.41. The van der Waals surface area contributed by atoms with Crippen molar-refractivity contribution in [2.24, 2.45) is 0 Å². The summed E-state index contributed by atoms with van der Waals surface area (Å²) < 4.78 is 67.4.